The lowest BCUT2D eigenvalue weighted by atomic mass is 10.2. The predicted octanol–water partition coefficient (Wildman–Crippen LogP) is 5.72. The van der Waals surface area contributed by atoms with Crippen molar-refractivity contribution >= 4 is 52.2 Å². The third-order valence-electron chi connectivity index (χ3n) is 5.32. The molecule has 0 radical (unpaired) electrons. The Kier molecular flexibility index (Phi) is 11.8. The summed E-state index contributed by atoms with van der Waals surface area (Å²) in [6.45, 7) is 8.88. The topological polar surface area (TPSA) is 162 Å². The number of hydrogen-bond donors (Lipinski definition) is 5. The number of aromatic amines is 1. The average molecular weight is 639 g/mol. The molecule has 4 aromatic heterocycles. The lowest BCUT2D eigenvalue weighted by molar-refractivity contribution is -0.137. The van der Waals surface area contributed by atoms with Gasteiger partial charge in [-0.05, 0) is 19.9 Å². The van der Waals surface area contributed by atoms with Crippen molar-refractivity contribution in [3.8, 4) is 0 Å². The van der Waals surface area contributed by atoms with Gasteiger partial charge in [0.25, 0.3) is 11.8 Å². The number of carbonyl (C=O) groups is 2. The maximum absolute atomic E-state index is 13.1. The molecule has 0 aromatic carbocycles. The molecule has 2 amide bonds. The second-order valence-electron chi connectivity index (χ2n) is 8.98. The fourth-order valence-electron chi connectivity index (χ4n) is 3.31. The van der Waals surface area contributed by atoms with Gasteiger partial charge in [0.05, 0.1) is 34.8 Å². The first-order valence-corrected chi connectivity index (χ1v) is 14.2. The van der Waals surface area contributed by atoms with Gasteiger partial charge in [-0.15, -0.1) is 11.3 Å². The Morgan fingerprint density at radius 1 is 1.00 bits per heavy atom. The van der Waals surface area contributed by atoms with Crippen LogP contribution in [0.15, 0.2) is 37.2 Å². The van der Waals surface area contributed by atoms with Gasteiger partial charge in [-0.1, -0.05) is 31.9 Å². The minimum Gasteiger partial charge on any atom is -0.368 e. The van der Waals surface area contributed by atoms with Crippen LogP contribution in [0.25, 0.3) is 0 Å². The fraction of sp³-hybridized carbons (Fsp3) is 0.346. The second kappa shape index (κ2) is 15.2. The van der Waals surface area contributed by atoms with Gasteiger partial charge in [-0.2, -0.15) is 13.2 Å². The summed E-state index contributed by atoms with van der Waals surface area (Å²) in [5.41, 5.74) is -0.0879. The van der Waals surface area contributed by atoms with Crippen LogP contribution in [-0.4, -0.2) is 54.8 Å². The number of hydrogen-bond acceptors (Lipinski definition) is 10. The predicted molar refractivity (Wildman–Crippen MR) is 158 cm³/mol. The molecule has 230 valence electrons. The Hall–Kier alpha value is -4.31. The van der Waals surface area contributed by atoms with Crippen LogP contribution in [0.3, 0.4) is 0 Å². The van der Waals surface area contributed by atoms with Crippen molar-refractivity contribution < 1.29 is 22.8 Å². The van der Waals surface area contributed by atoms with Crippen molar-refractivity contribution in [3.63, 3.8) is 0 Å². The van der Waals surface area contributed by atoms with E-state index in [9.17, 15) is 22.8 Å². The van der Waals surface area contributed by atoms with Gasteiger partial charge in [0, 0.05) is 25.4 Å². The number of alkyl halides is 3. The Morgan fingerprint density at radius 3 is 2.40 bits per heavy atom. The average Bonchev–Trinajstić information content (AvgIpc) is 3.62. The Labute approximate surface area is 254 Å². The molecule has 0 spiro atoms. The van der Waals surface area contributed by atoms with Gasteiger partial charge in [0.2, 0.25) is 0 Å². The third-order valence-corrected chi connectivity index (χ3v) is 6.80. The van der Waals surface area contributed by atoms with E-state index in [4.69, 9.17) is 11.6 Å². The van der Waals surface area contributed by atoms with Crippen LogP contribution in [-0.2, 0) is 6.18 Å². The number of thiazole rings is 1. The molecule has 1 atom stereocenters. The van der Waals surface area contributed by atoms with Crippen LogP contribution < -0.4 is 21.3 Å². The quantitative estimate of drug-likeness (QED) is 0.137. The first-order chi connectivity index (χ1) is 20.4. The Balaban J connectivity index is 0.00000162. The van der Waals surface area contributed by atoms with E-state index in [1.165, 1.54) is 25.0 Å². The highest BCUT2D eigenvalue weighted by Gasteiger charge is 2.34. The highest BCUT2D eigenvalue weighted by molar-refractivity contribution is 7.13. The number of pyridine rings is 1. The van der Waals surface area contributed by atoms with E-state index in [2.05, 4.69) is 65.0 Å². The van der Waals surface area contributed by atoms with E-state index in [1.54, 1.807) is 13.3 Å². The molecule has 5 N–H and O–H groups in total. The molecule has 4 rings (SSSR count). The number of nitrogens with one attached hydrogen (secondary N) is 5. The molecule has 0 aliphatic heterocycles. The molecular formula is C26H30ClF3N10O2S. The molecule has 17 heteroatoms. The van der Waals surface area contributed by atoms with Crippen LogP contribution >= 0.6 is 22.9 Å². The van der Waals surface area contributed by atoms with E-state index in [0.717, 1.165) is 29.0 Å². The number of rotatable bonds is 10. The number of anilines is 3. The molecule has 0 saturated carbocycles. The summed E-state index contributed by atoms with van der Waals surface area (Å²) in [7, 11) is 0. The Morgan fingerprint density at radius 2 is 1.72 bits per heavy atom. The summed E-state index contributed by atoms with van der Waals surface area (Å²) in [5.74, 6) is -0.328. The van der Waals surface area contributed by atoms with E-state index < -0.39 is 34.6 Å². The van der Waals surface area contributed by atoms with Crippen LogP contribution in [0.2, 0.25) is 5.02 Å². The Bertz CT molecular complexity index is 1530. The molecule has 0 aliphatic rings. The first kappa shape index (κ1) is 33.2. The number of carbonyl (C=O) groups excluding carboxylic acids is 2. The van der Waals surface area contributed by atoms with Crippen LogP contribution in [0.5, 0.6) is 0 Å². The summed E-state index contributed by atoms with van der Waals surface area (Å²) in [4.78, 5) is 48.5. The van der Waals surface area contributed by atoms with Gasteiger partial charge in [0.15, 0.2) is 0 Å². The number of nitrogens with zero attached hydrogens (tertiary/aromatic N) is 5. The van der Waals surface area contributed by atoms with Gasteiger partial charge in [-0.25, -0.2) is 24.9 Å². The highest BCUT2D eigenvalue weighted by atomic mass is 35.5. The zero-order chi connectivity index (χ0) is 31.6. The number of amides is 2. The molecule has 0 bridgehead atoms. The van der Waals surface area contributed by atoms with Crippen molar-refractivity contribution in [2.75, 3.05) is 29.0 Å². The van der Waals surface area contributed by atoms with Crippen molar-refractivity contribution in [2.24, 2.45) is 0 Å². The SMILES string of the molecule is CCC.Cc1[nH]cnc1NCCNc1cc(C(=O)NC(C)c2ncc(C(=O)Nc3cc(C(F)(F)F)c(Cl)cn3)s2)ncn1. The molecule has 0 fully saturated rings. The fourth-order valence-corrected chi connectivity index (χ4v) is 4.34. The second-order valence-corrected chi connectivity index (χ2v) is 10.5. The van der Waals surface area contributed by atoms with Gasteiger partial charge < -0.3 is 26.3 Å². The van der Waals surface area contributed by atoms with Gasteiger partial charge >= 0.3 is 6.18 Å². The van der Waals surface area contributed by atoms with Crippen molar-refractivity contribution in [3.05, 3.63) is 69.0 Å². The lowest BCUT2D eigenvalue weighted by Crippen LogP contribution is -2.27. The van der Waals surface area contributed by atoms with E-state index >= 15 is 0 Å². The largest absolute Gasteiger partial charge is 0.418 e. The molecule has 43 heavy (non-hydrogen) atoms. The lowest BCUT2D eigenvalue weighted by Gasteiger charge is -2.12. The van der Waals surface area contributed by atoms with Crippen molar-refractivity contribution in [1.29, 1.82) is 0 Å². The summed E-state index contributed by atoms with van der Waals surface area (Å²) >= 11 is 6.52. The maximum atomic E-state index is 13.1. The molecular weight excluding hydrogens is 609 g/mol. The van der Waals surface area contributed by atoms with E-state index in [1.807, 2.05) is 6.92 Å². The molecule has 12 nitrogen and oxygen atoms in total. The minimum absolute atomic E-state index is 0.105. The minimum atomic E-state index is -4.71. The van der Waals surface area contributed by atoms with E-state index in [-0.39, 0.29) is 16.4 Å². The van der Waals surface area contributed by atoms with Crippen LogP contribution in [0.4, 0.5) is 30.6 Å². The zero-order valence-corrected chi connectivity index (χ0v) is 25.2. The summed E-state index contributed by atoms with van der Waals surface area (Å²) in [5, 5.41) is 11.1. The third kappa shape index (κ3) is 9.61. The van der Waals surface area contributed by atoms with Gasteiger partial charge in [-0.3, -0.25) is 9.59 Å². The number of aromatic nitrogens is 6. The zero-order valence-electron chi connectivity index (χ0n) is 23.6. The molecule has 4 aromatic rings. The molecule has 1 unspecified atom stereocenters. The molecule has 4 heterocycles. The van der Waals surface area contributed by atoms with Crippen LogP contribution in [0, 0.1) is 6.92 Å². The molecule has 0 saturated heterocycles. The first-order valence-electron chi connectivity index (χ1n) is 13.0. The number of H-pyrrole nitrogens is 1. The standard InChI is InChI=1S/C23H22ClF3N10O2S.C3H8/c1-11-19(35-9-32-11)29-4-3-28-17-6-15(33-10-34-17)20(38)36-12(2)22-31-8-16(40-22)21(39)37-18-5-13(23(25,26)27)14(24)7-30-18;1-3-2/h5-10,12,29H,3-4H2,1-2H3,(H,32,35)(H,36,38)(H,28,33,34)(H,30,37,39);3H2,1-2H3. The van der Waals surface area contributed by atoms with Crippen molar-refractivity contribution in [2.45, 2.75) is 46.3 Å². The number of imidazole rings is 1. The monoisotopic (exact) mass is 638 g/mol. The summed E-state index contributed by atoms with van der Waals surface area (Å²) < 4.78 is 39.2. The van der Waals surface area contributed by atoms with Crippen molar-refractivity contribution in [1.82, 2.24) is 35.2 Å². The number of halogens is 4. The maximum Gasteiger partial charge on any atom is 0.418 e. The molecule has 0 aliphatic carbocycles. The van der Waals surface area contributed by atoms with Crippen LogP contribution in [0.1, 0.15) is 69.7 Å². The smallest absolute Gasteiger partial charge is 0.368 e. The van der Waals surface area contributed by atoms with Gasteiger partial charge in [0.1, 0.15) is 39.4 Å². The number of aryl methyl sites for hydroxylation is 1. The van der Waals surface area contributed by atoms with E-state index in [0.29, 0.717) is 30.0 Å². The highest BCUT2D eigenvalue weighted by Crippen LogP contribution is 2.35. The normalized spacial score (nSPS) is 11.6. The summed E-state index contributed by atoms with van der Waals surface area (Å²) in [6, 6.07) is 1.54. The summed E-state index contributed by atoms with van der Waals surface area (Å²) in [6.07, 6.45) is 1.46.